The lowest BCUT2D eigenvalue weighted by Crippen LogP contribution is -3.14. The van der Waals surface area contributed by atoms with Gasteiger partial charge in [0.1, 0.15) is 0 Å². The van der Waals surface area contributed by atoms with E-state index in [4.69, 9.17) is 4.98 Å². The lowest BCUT2D eigenvalue weighted by molar-refractivity contribution is -0.898. The standard InChI is InChI=1S/C30H29N3O/c1-23-13-15-25(16-14-23)29-22-27(26-11-5-6-12-28(26)31-29)30(34)33-20-18-32(19-21-33)17-7-10-24-8-3-2-4-9-24/h2-16,22H,17-21H2,1H3/p+1/b10-7+. The third kappa shape index (κ3) is 4.92. The number of hydrogen-bond acceptors (Lipinski definition) is 2. The molecule has 1 saturated heterocycles. The van der Waals surface area contributed by atoms with Gasteiger partial charge in [-0.2, -0.15) is 0 Å². The zero-order valence-electron chi connectivity index (χ0n) is 19.6. The highest BCUT2D eigenvalue weighted by molar-refractivity contribution is 6.07. The first kappa shape index (κ1) is 22.1. The number of carbonyl (C=O) groups excluding carboxylic acids is 1. The van der Waals surface area contributed by atoms with Crippen LogP contribution in [0.4, 0.5) is 0 Å². The Morgan fingerprint density at radius 1 is 0.941 bits per heavy atom. The van der Waals surface area contributed by atoms with Crippen LogP contribution in [0.25, 0.3) is 28.2 Å². The van der Waals surface area contributed by atoms with E-state index >= 15 is 0 Å². The number of benzene rings is 3. The predicted octanol–water partition coefficient (Wildman–Crippen LogP) is 4.26. The number of nitrogens with zero attached hydrogens (tertiary/aromatic N) is 2. The first-order chi connectivity index (χ1) is 16.7. The highest BCUT2D eigenvalue weighted by Gasteiger charge is 2.25. The van der Waals surface area contributed by atoms with E-state index in [-0.39, 0.29) is 5.91 Å². The van der Waals surface area contributed by atoms with Gasteiger partial charge in [0.2, 0.25) is 0 Å². The molecular weight excluding hydrogens is 418 g/mol. The fraction of sp³-hybridized carbons (Fsp3) is 0.200. The van der Waals surface area contributed by atoms with Gasteiger partial charge in [-0.15, -0.1) is 0 Å². The van der Waals surface area contributed by atoms with Crippen molar-refractivity contribution in [1.82, 2.24) is 9.88 Å². The summed E-state index contributed by atoms with van der Waals surface area (Å²) in [4.78, 5) is 22.0. The van der Waals surface area contributed by atoms with Crippen molar-refractivity contribution in [2.75, 3.05) is 32.7 Å². The molecule has 0 saturated carbocycles. The quantitative estimate of drug-likeness (QED) is 0.495. The smallest absolute Gasteiger partial charge is 0.255 e. The van der Waals surface area contributed by atoms with Gasteiger partial charge in [-0.3, -0.25) is 4.79 Å². The third-order valence-corrected chi connectivity index (χ3v) is 6.57. The molecule has 2 heterocycles. The Hall–Kier alpha value is -3.76. The number of para-hydroxylation sites is 1. The van der Waals surface area contributed by atoms with Gasteiger partial charge >= 0.3 is 0 Å². The fourth-order valence-electron chi connectivity index (χ4n) is 4.55. The topological polar surface area (TPSA) is 37.6 Å². The molecule has 0 aliphatic carbocycles. The minimum Gasteiger partial charge on any atom is -0.329 e. The minimum atomic E-state index is 0.103. The van der Waals surface area contributed by atoms with Crippen molar-refractivity contribution in [1.29, 1.82) is 0 Å². The first-order valence-corrected chi connectivity index (χ1v) is 12.0. The number of fused-ring (bicyclic) bond motifs is 1. The van der Waals surface area contributed by atoms with E-state index in [1.165, 1.54) is 16.0 Å². The van der Waals surface area contributed by atoms with Crippen LogP contribution in [0.3, 0.4) is 0 Å². The largest absolute Gasteiger partial charge is 0.329 e. The van der Waals surface area contributed by atoms with Crippen LogP contribution < -0.4 is 4.90 Å². The number of hydrogen-bond donors (Lipinski definition) is 1. The first-order valence-electron chi connectivity index (χ1n) is 12.0. The number of carbonyl (C=O) groups is 1. The Bertz CT molecular complexity index is 1300. The number of amides is 1. The number of piperazine rings is 1. The molecule has 0 bridgehead atoms. The molecule has 4 heteroatoms. The molecule has 0 atom stereocenters. The maximum Gasteiger partial charge on any atom is 0.255 e. The van der Waals surface area contributed by atoms with E-state index in [0.717, 1.165) is 60.4 Å². The number of pyridine rings is 1. The maximum absolute atomic E-state index is 13.6. The van der Waals surface area contributed by atoms with Gasteiger partial charge in [0, 0.05) is 10.9 Å². The minimum absolute atomic E-state index is 0.103. The van der Waals surface area contributed by atoms with E-state index < -0.39 is 0 Å². The van der Waals surface area contributed by atoms with Crippen LogP contribution in [0.15, 0.2) is 91.0 Å². The second-order valence-electron chi connectivity index (χ2n) is 9.00. The summed E-state index contributed by atoms with van der Waals surface area (Å²) < 4.78 is 0. The average Bonchev–Trinajstić information content (AvgIpc) is 2.89. The van der Waals surface area contributed by atoms with Gasteiger partial charge in [0.25, 0.3) is 5.91 Å². The Kier molecular flexibility index (Phi) is 6.50. The van der Waals surface area contributed by atoms with E-state index in [1.54, 1.807) is 0 Å². The van der Waals surface area contributed by atoms with Crippen molar-refractivity contribution in [2.45, 2.75) is 6.92 Å². The van der Waals surface area contributed by atoms with Crippen LogP contribution in [0.5, 0.6) is 0 Å². The van der Waals surface area contributed by atoms with E-state index in [0.29, 0.717) is 0 Å². The van der Waals surface area contributed by atoms with Crippen LogP contribution in [0.1, 0.15) is 21.5 Å². The van der Waals surface area contributed by atoms with Gasteiger partial charge < -0.3 is 9.80 Å². The van der Waals surface area contributed by atoms with Crippen molar-refractivity contribution in [3.05, 3.63) is 108 Å². The summed E-state index contributed by atoms with van der Waals surface area (Å²) in [6.07, 6.45) is 4.42. The summed E-state index contributed by atoms with van der Waals surface area (Å²) in [6, 6.07) is 28.6. The van der Waals surface area contributed by atoms with Crippen molar-refractivity contribution in [2.24, 2.45) is 0 Å². The summed E-state index contributed by atoms with van der Waals surface area (Å²) in [6.45, 7) is 6.50. The van der Waals surface area contributed by atoms with Gasteiger partial charge in [0.05, 0.1) is 49.5 Å². The monoisotopic (exact) mass is 448 g/mol. The lowest BCUT2D eigenvalue weighted by atomic mass is 10.0. The van der Waals surface area contributed by atoms with Crippen molar-refractivity contribution < 1.29 is 9.69 Å². The molecule has 1 aliphatic heterocycles. The average molecular weight is 449 g/mol. The van der Waals surface area contributed by atoms with Crippen molar-refractivity contribution >= 4 is 22.9 Å². The molecule has 1 amide bonds. The molecule has 5 rings (SSSR count). The Morgan fingerprint density at radius 2 is 1.65 bits per heavy atom. The van der Waals surface area contributed by atoms with E-state index in [9.17, 15) is 4.79 Å². The zero-order chi connectivity index (χ0) is 23.3. The maximum atomic E-state index is 13.6. The highest BCUT2D eigenvalue weighted by Crippen LogP contribution is 2.26. The number of nitrogens with one attached hydrogen (secondary N) is 1. The number of aromatic nitrogens is 1. The van der Waals surface area contributed by atoms with Gasteiger partial charge in [-0.1, -0.05) is 84.4 Å². The fourth-order valence-corrected chi connectivity index (χ4v) is 4.55. The van der Waals surface area contributed by atoms with Crippen LogP contribution in [0, 0.1) is 6.92 Å². The van der Waals surface area contributed by atoms with Crippen molar-refractivity contribution in [3.63, 3.8) is 0 Å². The number of aryl methyl sites for hydroxylation is 1. The van der Waals surface area contributed by atoms with Gasteiger partial charge in [-0.25, -0.2) is 4.98 Å². The third-order valence-electron chi connectivity index (χ3n) is 6.57. The number of rotatable bonds is 5. The Labute approximate surface area is 201 Å². The van der Waals surface area contributed by atoms with Crippen LogP contribution in [0.2, 0.25) is 0 Å². The highest BCUT2D eigenvalue weighted by atomic mass is 16.2. The zero-order valence-corrected chi connectivity index (χ0v) is 19.6. The SMILES string of the molecule is Cc1ccc(-c2cc(C(=O)N3CC[NH+](C/C=C/c4ccccc4)CC3)c3ccccc3n2)cc1. The summed E-state index contributed by atoms with van der Waals surface area (Å²) in [5, 5.41) is 0.920. The molecular formula is C30H30N3O+. The molecule has 1 N–H and O–H groups in total. The van der Waals surface area contributed by atoms with E-state index in [2.05, 4.69) is 67.6 Å². The molecule has 0 spiro atoms. The summed E-state index contributed by atoms with van der Waals surface area (Å²) >= 11 is 0. The predicted molar refractivity (Wildman–Crippen MR) is 139 cm³/mol. The normalized spacial score (nSPS) is 14.7. The van der Waals surface area contributed by atoms with Crippen molar-refractivity contribution in [3.8, 4) is 11.3 Å². The van der Waals surface area contributed by atoms with Gasteiger partial charge in [0.15, 0.2) is 0 Å². The molecule has 3 aromatic carbocycles. The second kappa shape index (κ2) is 10.0. The molecule has 0 radical (unpaired) electrons. The molecule has 1 aliphatic rings. The van der Waals surface area contributed by atoms with Crippen LogP contribution >= 0.6 is 0 Å². The molecule has 0 unspecified atom stereocenters. The molecule has 1 fully saturated rings. The lowest BCUT2D eigenvalue weighted by Gasteiger charge is -2.32. The Balaban J connectivity index is 1.31. The molecule has 4 aromatic rings. The number of quaternary nitrogens is 1. The summed E-state index contributed by atoms with van der Waals surface area (Å²) in [5.74, 6) is 0.103. The molecule has 170 valence electrons. The Morgan fingerprint density at radius 3 is 2.41 bits per heavy atom. The molecule has 34 heavy (non-hydrogen) atoms. The summed E-state index contributed by atoms with van der Waals surface area (Å²) in [5.41, 5.74) is 5.92. The van der Waals surface area contributed by atoms with E-state index in [1.807, 2.05) is 41.3 Å². The molecule has 1 aromatic heterocycles. The van der Waals surface area contributed by atoms with Gasteiger partial charge in [-0.05, 0) is 30.7 Å². The molecule has 4 nitrogen and oxygen atoms in total. The van der Waals surface area contributed by atoms with Crippen LogP contribution in [-0.2, 0) is 0 Å². The summed E-state index contributed by atoms with van der Waals surface area (Å²) in [7, 11) is 0. The second-order valence-corrected chi connectivity index (χ2v) is 9.00. The van der Waals surface area contributed by atoms with Crippen LogP contribution in [-0.4, -0.2) is 48.5 Å².